The van der Waals surface area contributed by atoms with E-state index in [9.17, 15) is 4.79 Å². The Balaban J connectivity index is 1.43. The van der Waals surface area contributed by atoms with Gasteiger partial charge in [0.2, 0.25) is 5.91 Å². The van der Waals surface area contributed by atoms with Crippen molar-refractivity contribution in [2.75, 3.05) is 47.5 Å². The van der Waals surface area contributed by atoms with Crippen molar-refractivity contribution in [3.8, 4) is 5.75 Å². The summed E-state index contributed by atoms with van der Waals surface area (Å²) in [5.41, 5.74) is 1.24. The molecule has 6 nitrogen and oxygen atoms in total. The molecule has 3 rings (SSSR count). The first-order valence-corrected chi connectivity index (χ1v) is 9.31. The largest absolute Gasteiger partial charge is 0.497 e. The van der Waals surface area contributed by atoms with Gasteiger partial charge in [0.1, 0.15) is 12.4 Å². The van der Waals surface area contributed by atoms with E-state index < -0.39 is 0 Å². The number of methoxy groups -OCH3 is 1. The van der Waals surface area contributed by atoms with Crippen molar-refractivity contribution in [2.45, 2.75) is 37.5 Å². The van der Waals surface area contributed by atoms with E-state index in [1.165, 1.54) is 5.56 Å². The van der Waals surface area contributed by atoms with E-state index in [-0.39, 0.29) is 24.2 Å². The lowest BCUT2D eigenvalue weighted by Gasteiger charge is -2.38. The van der Waals surface area contributed by atoms with Crippen molar-refractivity contribution in [3.05, 3.63) is 29.8 Å². The maximum absolute atomic E-state index is 11.7. The first-order valence-electron chi connectivity index (χ1n) is 9.31. The van der Waals surface area contributed by atoms with Gasteiger partial charge in [-0.2, -0.15) is 0 Å². The third-order valence-electron chi connectivity index (χ3n) is 5.45. The van der Waals surface area contributed by atoms with E-state index in [4.69, 9.17) is 14.2 Å². The summed E-state index contributed by atoms with van der Waals surface area (Å²) in [6, 6.07) is 8.28. The zero-order chi connectivity index (χ0) is 18.6. The molecule has 0 bridgehead atoms. The first-order chi connectivity index (χ1) is 12.5. The van der Waals surface area contributed by atoms with E-state index in [2.05, 4.69) is 17.0 Å². The molecule has 0 unspecified atom stereocenters. The Morgan fingerprint density at radius 3 is 2.58 bits per heavy atom. The van der Waals surface area contributed by atoms with Gasteiger partial charge >= 0.3 is 0 Å². The van der Waals surface area contributed by atoms with Crippen LogP contribution in [0.15, 0.2) is 24.3 Å². The number of hydrogen-bond donors (Lipinski definition) is 0. The number of carbonyl (C=O) groups is 1. The second-order valence-electron chi connectivity index (χ2n) is 7.54. The molecule has 144 valence electrons. The predicted molar refractivity (Wildman–Crippen MR) is 99.2 cm³/mol. The molecule has 2 aliphatic heterocycles. The smallest absolute Gasteiger partial charge is 0.248 e. The highest BCUT2D eigenvalue weighted by Crippen LogP contribution is 2.37. The van der Waals surface area contributed by atoms with Crippen LogP contribution in [-0.2, 0) is 20.8 Å². The number of rotatable bonds is 6. The summed E-state index contributed by atoms with van der Waals surface area (Å²) in [5.74, 6) is 0.893. The van der Waals surface area contributed by atoms with Crippen LogP contribution in [0.25, 0.3) is 0 Å². The van der Waals surface area contributed by atoms with Crippen molar-refractivity contribution >= 4 is 5.91 Å². The SMILES string of the molecule is COc1ccc(CN2CCC3(CC2)C[C@@H](OCC(=O)N(C)C)CO3)cc1. The van der Waals surface area contributed by atoms with Crippen molar-refractivity contribution in [3.63, 3.8) is 0 Å². The summed E-state index contributed by atoms with van der Waals surface area (Å²) >= 11 is 0. The Morgan fingerprint density at radius 1 is 1.27 bits per heavy atom. The van der Waals surface area contributed by atoms with Crippen molar-refractivity contribution in [1.82, 2.24) is 9.80 Å². The molecular formula is C20H30N2O4. The van der Waals surface area contributed by atoms with E-state index in [0.717, 1.165) is 44.6 Å². The number of likely N-dealkylation sites (tertiary alicyclic amines) is 1. The molecule has 0 N–H and O–H groups in total. The van der Waals surface area contributed by atoms with E-state index in [1.807, 2.05) is 12.1 Å². The molecule has 0 saturated carbocycles. The molecule has 26 heavy (non-hydrogen) atoms. The quantitative estimate of drug-likeness (QED) is 0.774. The van der Waals surface area contributed by atoms with Gasteiger partial charge in [0.15, 0.2) is 0 Å². The number of ether oxygens (including phenoxy) is 3. The molecule has 1 atom stereocenters. The number of piperidine rings is 1. The lowest BCUT2D eigenvalue weighted by Crippen LogP contribution is -2.44. The Bertz CT molecular complexity index is 594. The van der Waals surface area contributed by atoms with Gasteiger partial charge in [-0.05, 0) is 30.5 Å². The van der Waals surface area contributed by atoms with Crippen molar-refractivity contribution in [2.24, 2.45) is 0 Å². The van der Waals surface area contributed by atoms with Gasteiger partial charge in [0.25, 0.3) is 0 Å². The Hall–Kier alpha value is -1.63. The third-order valence-corrected chi connectivity index (χ3v) is 5.45. The average Bonchev–Trinajstić information content (AvgIpc) is 3.05. The maximum Gasteiger partial charge on any atom is 0.248 e. The molecule has 1 amide bonds. The Morgan fingerprint density at radius 2 is 1.96 bits per heavy atom. The molecule has 2 heterocycles. The van der Waals surface area contributed by atoms with Crippen molar-refractivity contribution in [1.29, 1.82) is 0 Å². The lowest BCUT2D eigenvalue weighted by atomic mass is 9.88. The van der Waals surface area contributed by atoms with E-state index >= 15 is 0 Å². The van der Waals surface area contributed by atoms with Crippen molar-refractivity contribution < 1.29 is 19.0 Å². The fraction of sp³-hybridized carbons (Fsp3) is 0.650. The van der Waals surface area contributed by atoms with Crippen LogP contribution in [0.3, 0.4) is 0 Å². The van der Waals surface area contributed by atoms with E-state index in [0.29, 0.717) is 6.61 Å². The second-order valence-corrected chi connectivity index (χ2v) is 7.54. The number of benzene rings is 1. The zero-order valence-electron chi connectivity index (χ0n) is 16.1. The average molecular weight is 362 g/mol. The van der Waals surface area contributed by atoms with Crippen LogP contribution < -0.4 is 4.74 Å². The number of likely N-dealkylation sites (N-methyl/N-ethyl adjacent to an activating group) is 1. The van der Waals surface area contributed by atoms with Gasteiger partial charge < -0.3 is 19.1 Å². The van der Waals surface area contributed by atoms with Gasteiger partial charge in [-0.3, -0.25) is 9.69 Å². The summed E-state index contributed by atoms with van der Waals surface area (Å²) in [7, 11) is 5.18. The van der Waals surface area contributed by atoms with Gasteiger partial charge in [-0.1, -0.05) is 12.1 Å². The highest BCUT2D eigenvalue weighted by Gasteiger charge is 2.43. The molecule has 1 spiro atoms. The minimum absolute atomic E-state index is 0.000242. The fourth-order valence-corrected chi connectivity index (χ4v) is 3.68. The standard InChI is InChI=1S/C20H30N2O4/c1-21(2)19(23)15-25-18-12-20(26-14-18)8-10-22(11-9-20)13-16-4-6-17(24-3)7-5-16/h4-7,18H,8-15H2,1-3H3/t18-/m1/s1. The summed E-state index contributed by atoms with van der Waals surface area (Å²) in [6.07, 6.45) is 2.96. The summed E-state index contributed by atoms with van der Waals surface area (Å²) in [4.78, 5) is 15.7. The highest BCUT2D eigenvalue weighted by atomic mass is 16.6. The van der Waals surface area contributed by atoms with Crippen LogP contribution in [0, 0.1) is 0 Å². The molecule has 1 aromatic rings. The normalized spacial score (nSPS) is 22.5. The molecule has 2 saturated heterocycles. The summed E-state index contributed by atoms with van der Waals surface area (Å²) < 4.78 is 17.1. The molecule has 6 heteroatoms. The zero-order valence-corrected chi connectivity index (χ0v) is 16.1. The van der Waals surface area contributed by atoms with Gasteiger partial charge in [0, 0.05) is 40.2 Å². The number of amides is 1. The number of hydrogen-bond acceptors (Lipinski definition) is 5. The van der Waals surface area contributed by atoms with E-state index in [1.54, 1.807) is 26.1 Å². The van der Waals surface area contributed by atoms with Gasteiger partial charge in [-0.15, -0.1) is 0 Å². The fourth-order valence-electron chi connectivity index (χ4n) is 3.68. The Kier molecular flexibility index (Phi) is 6.16. The lowest BCUT2D eigenvalue weighted by molar-refractivity contribution is -0.135. The van der Waals surface area contributed by atoms with Crippen LogP contribution >= 0.6 is 0 Å². The molecule has 0 aromatic heterocycles. The van der Waals surface area contributed by atoms with Crippen LogP contribution in [0.4, 0.5) is 0 Å². The predicted octanol–water partition coefficient (Wildman–Crippen LogP) is 1.92. The van der Waals surface area contributed by atoms with Gasteiger partial charge in [0.05, 0.1) is 25.4 Å². The maximum atomic E-state index is 11.7. The van der Waals surface area contributed by atoms with Crippen LogP contribution in [-0.4, -0.2) is 74.9 Å². The molecule has 2 aliphatic rings. The minimum atomic E-state index is -0.0672. The second kappa shape index (κ2) is 8.37. The molecule has 0 radical (unpaired) electrons. The molecular weight excluding hydrogens is 332 g/mol. The third kappa shape index (κ3) is 4.75. The monoisotopic (exact) mass is 362 g/mol. The molecule has 1 aromatic carbocycles. The van der Waals surface area contributed by atoms with Crippen LogP contribution in [0.1, 0.15) is 24.8 Å². The number of carbonyl (C=O) groups excluding carboxylic acids is 1. The first kappa shape index (κ1) is 19.1. The summed E-state index contributed by atoms with van der Waals surface area (Å²) in [5, 5.41) is 0. The van der Waals surface area contributed by atoms with Gasteiger partial charge in [-0.25, -0.2) is 0 Å². The summed E-state index contributed by atoms with van der Waals surface area (Å²) in [6.45, 7) is 3.74. The Labute approximate surface area is 156 Å². The molecule has 2 fully saturated rings. The highest BCUT2D eigenvalue weighted by molar-refractivity contribution is 5.76. The topological polar surface area (TPSA) is 51.2 Å². The number of nitrogens with zero attached hydrogens (tertiary/aromatic N) is 2. The minimum Gasteiger partial charge on any atom is -0.497 e. The molecule has 0 aliphatic carbocycles. The van der Waals surface area contributed by atoms with Crippen LogP contribution in [0.2, 0.25) is 0 Å². The van der Waals surface area contributed by atoms with Crippen LogP contribution in [0.5, 0.6) is 5.75 Å².